The topological polar surface area (TPSA) is 61.8 Å². The van der Waals surface area contributed by atoms with Crippen molar-refractivity contribution in [3.8, 4) is 5.75 Å². The molecule has 1 aromatic rings. The highest BCUT2D eigenvalue weighted by atomic mass is 16.5. The van der Waals surface area contributed by atoms with Crippen LogP contribution in [-0.4, -0.2) is 41.3 Å². The zero-order valence-electron chi connectivity index (χ0n) is 15.1. The highest BCUT2D eigenvalue weighted by molar-refractivity contribution is 5.74. The lowest BCUT2D eigenvalue weighted by Crippen LogP contribution is -2.47. The highest BCUT2D eigenvalue weighted by Gasteiger charge is 2.26. The number of ether oxygens (including phenoxy) is 1. The van der Waals surface area contributed by atoms with E-state index in [1.165, 1.54) is 12.8 Å². The van der Waals surface area contributed by atoms with Crippen LogP contribution in [-0.2, 0) is 6.54 Å². The third kappa shape index (κ3) is 5.11. The average Bonchev–Trinajstić information content (AvgIpc) is 3.13. The summed E-state index contributed by atoms with van der Waals surface area (Å²) in [6.45, 7) is 3.70. The van der Waals surface area contributed by atoms with Crippen LogP contribution in [0.5, 0.6) is 5.75 Å². The molecule has 1 aromatic carbocycles. The maximum Gasteiger partial charge on any atom is 0.317 e. The fraction of sp³-hybridized carbons (Fsp3) is 0.650. The second kappa shape index (κ2) is 8.56. The summed E-state index contributed by atoms with van der Waals surface area (Å²) in [5.41, 5.74) is 1.05. The number of rotatable bonds is 5. The van der Waals surface area contributed by atoms with Gasteiger partial charge in [0.05, 0.1) is 12.2 Å². The van der Waals surface area contributed by atoms with Crippen LogP contribution in [0.4, 0.5) is 4.79 Å². The Morgan fingerprint density at radius 3 is 2.88 bits per heavy atom. The van der Waals surface area contributed by atoms with Gasteiger partial charge in [-0.05, 0) is 63.1 Å². The van der Waals surface area contributed by atoms with Gasteiger partial charge in [-0.3, -0.25) is 0 Å². The third-order valence-corrected chi connectivity index (χ3v) is 5.37. The van der Waals surface area contributed by atoms with E-state index in [1.54, 1.807) is 0 Å². The van der Waals surface area contributed by atoms with Gasteiger partial charge < -0.3 is 20.1 Å². The molecule has 1 aliphatic heterocycles. The van der Waals surface area contributed by atoms with E-state index in [9.17, 15) is 9.90 Å². The largest absolute Gasteiger partial charge is 0.490 e. The standard InChI is InChI=1S/C20H30N2O3/c1-15(23)17-7-5-11-22(14-17)20(24)21-13-16-6-4-10-19(12-16)25-18-8-2-3-9-18/h4,6,10,12,15,17-18,23H,2-3,5,7-9,11,13-14H2,1H3,(H,21,24)/t15-,17-/m0/s1. The molecule has 5 nitrogen and oxygen atoms in total. The highest BCUT2D eigenvalue weighted by Crippen LogP contribution is 2.24. The van der Waals surface area contributed by atoms with Crippen LogP contribution in [0.15, 0.2) is 24.3 Å². The summed E-state index contributed by atoms with van der Waals surface area (Å²) in [5, 5.41) is 12.8. The van der Waals surface area contributed by atoms with E-state index in [4.69, 9.17) is 4.74 Å². The number of nitrogens with zero attached hydrogens (tertiary/aromatic N) is 1. The van der Waals surface area contributed by atoms with Crippen LogP contribution < -0.4 is 10.1 Å². The molecule has 1 saturated carbocycles. The summed E-state index contributed by atoms with van der Waals surface area (Å²) < 4.78 is 6.03. The molecule has 0 spiro atoms. The van der Waals surface area contributed by atoms with Crippen molar-refractivity contribution in [1.29, 1.82) is 0 Å². The number of carbonyl (C=O) groups is 1. The molecule has 0 radical (unpaired) electrons. The summed E-state index contributed by atoms with van der Waals surface area (Å²) in [6.07, 6.45) is 6.71. The van der Waals surface area contributed by atoms with Crippen molar-refractivity contribution in [2.75, 3.05) is 13.1 Å². The molecule has 0 aromatic heterocycles. The van der Waals surface area contributed by atoms with Crippen molar-refractivity contribution in [2.45, 2.75) is 64.2 Å². The monoisotopic (exact) mass is 346 g/mol. The molecule has 1 saturated heterocycles. The molecule has 0 bridgehead atoms. The van der Waals surface area contributed by atoms with Gasteiger partial charge in [0.15, 0.2) is 0 Å². The quantitative estimate of drug-likeness (QED) is 0.860. The maximum absolute atomic E-state index is 12.4. The fourth-order valence-corrected chi connectivity index (χ4v) is 3.81. The van der Waals surface area contributed by atoms with Gasteiger partial charge in [0.1, 0.15) is 5.75 Å². The molecule has 2 fully saturated rings. The maximum atomic E-state index is 12.4. The molecule has 2 atom stereocenters. The van der Waals surface area contributed by atoms with E-state index in [-0.39, 0.29) is 18.1 Å². The van der Waals surface area contributed by atoms with Gasteiger partial charge in [-0.2, -0.15) is 0 Å². The van der Waals surface area contributed by atoms with Crippen LogP contribution >= 0.6 is 0 Å². The predicted octanol–water partition coefficient (Wildman–Crippen LogP) is 3.31. The molecule has 138 valence electrons. The lowest BCUT2D eigenvalue weighted by atomic mass is 9.94. The van der Waals surface area contributed by atoms with Crippen LogP contribution in [0.2, 0.25) is 0 Å². The molecular weight excluding hydrogens is 316 g/mol. The summed E-state index contributed by atoms with van der Waals surface area (Å²) in [4.78, 5) is 14.2. The number of piperidine rings is 1. The van der Waals surface area contributed by atoms with Gasteiger partial charge in [0.25, 0.3) is 0 Å². The van der Waals surface area contributed by atoms with Crippen molar-refractivity contribution < 1.29 is 14.6 Å². The Hall–Kier alpha value is -1.75. The fourth-order valence-electron chi connectivity index (χ4n) is 3.81. The van der Waals surface area contributed by atoms with Crippen molar-refractivity contribution in [3.05, 3.63) is 29.8 Å². The number of aliphatic hydroxyl groups is 1. The van der Waals surface area contributed by atoms with Crippen molar-refractivity contribution >= 4 is 6.03 Å². The van der Waals surface area contributed by atoms with E-state index < -0.39 is 0 Å². The second-order valence-electron chi connectivity index (χ2n) is 7.42. The van der Waals surface area contributed by atoms with E-state index >= 15 is 0 Å². The van der Waals surface area contributed by atoms with E-state index in [0.29, 0.717) is 19.2 Å². The van der Waals surface area contributed by atoms with Gasteiger partial charge >= 0.3 is 6.03 Å². The Morgan fingerprint density at radius 2 is 2.12 bits per heavy atom. The third-order valence-electron chi connectivity index (χ3n) is 5.37. The number of nitrogens with one attached hydrogen (secondary N) is 1. The minimum atomic E-state index is -0.361. The van der Waals surface area contributed by atoms with Crippen LogP contribution in [0.1, 0.15) is 51.0 Å². The van der Waals surface area contributed by atoms with Gasteiger partial charge in [-0.15, -0.1) is 0 Å². The number of carbonyl (C=O) groups excluding carboxylic acids is 1. The first-order chi connectivity index (χ1) is 12.1. The van der Waals surface area contributed by atoms with E-state index in [2.05, 4.69) is 5.32 Å². The lowest BCUT2D eigenvalue weighted by molar-refractivity contribution is 0.0738. The number of hydrogen-bond donors (Lipinski definition) is 2. The van der Waals surface area contributed by atoms with Gasteiger partial charge in [-0.25, -0.2) is 4.79 Å². The van der Waals surface area contributed by atoms with Crippen LogP contribution in [0, 0.1) is 5.92 Å². The molecular formula is C20H30N2O3. The number of aliphatic hydroxyl groups excluding tert-OH is 1. The Morgan fingerprint density at radius 1 is 1.32 bits per heavy atom. The SMILES string of the molecule is C[C@H](O)[C@H]1CCCN(C(=O)NCc2cccc(OC3CCCC3)c2)C1. The first-order valence-corrected chi connectivity index (χ1v) is 9.58. The zero-order valence-corrected chi connectivity index (χ0v) is 15.1. The Bertz CT molecular complexity index is 570. The minimum absolute atomic E-state index is 0.0486. The number of hydrogen-bond acceptors (Lipinski definition) is 3. The van der Waals surface area contributed by atoms with Gasteiger partial charge in [0, 0.05) is 25.6 Å². The average molecular weight is 346 g/mol. The molecule has 2 amide bonds. The molecule has 0 unspecified atom stereocenters. The Kier molecular flexibility index (Phi) is 6.19. The summed E-state index contributed by atoms with van der Waals surface area (Å²) in [7, 11) is 0. The van der Waals surface area contributed by atoms with Gasteiger partial charge in [0.2, 0.25) is 0 Å². The first-order valence-electron chi connectivity index (χ1n) is 9.58. The number of urea groups is 1. The van der Waals surface area contributed by atoms with Crippen molar-refractivity contribution in [1.82, 2.24) is 10.2 Å². The number of likely N-dealkylation sites (tertiary alicyclic amines) is 1. The molecule has 5 heteroatoms. The molecule has 1 heterocycles. The van der Waals surface area contributed by atoms with Crippen LogP contribution in [0.25, 0.3) is 0 Å². The van der Waals surface area contributed by atoms with Crippen molar-refractivity contribution in [3.63, 3.8) is 0 Å². The smallest absolute Gasteiger partial charge is 0.317 e. The molecule has 25 heavy (non-hydrogen) atoms. The normalized spacial score (nSPS) is 22.6. The summed E-state index contributed by atoms with van der Waals surface area (Å²) in [5.74, 6) is 1.08. The first kappa shape index (κ1) is 18.1. The Balaban J connectivity index is 1.49. The van der Waals surface area contributed by atoms with Crippen LogP contribution in [0.3, 0.4) is 0 Å². The minimum Gasteiger partial charge on any atom is -0.490 e. The van der Waals surface area contributed by atoms with Crippen molar-refractivity contribution in [2.24, 2.45) is 5.92 Å². The molecule has 3 rings (SSSR count). The van der Waals surface area contributed by atoms with E-state index in [0.717, 1.165) is 43.5 Å². The lowest BCUT2D eigenvalue weighted by Gasteiger charge is -2.34. The molecule has 2 aliphatic rings. The summed E-state index contributed by atoms with van der Waals surface area (Å²) >= 11 is 0. The summed E-state index contributed by atoms with van der Waals surface area (Å²) in [6, 6.07) is 7.95. The molecule has 1 aliphatic carbocycles. The Labute approximate surface area is 150 Å². The number of amides is 2. The van der Waals surface area contributed by atoms with Gasteiger partial charge in [-0.1, -0.05) is 12.1 Å². The number of benzene rings is 1. The molecule has 2 N–H and O–H groups in total. The predicted molar refractivity (Wildman–Crippen MR) is 97.5 cm³/mol. The second-order valence-corrected chi connectivity index (χ2v) is 7.42. The zero-order chi connectivity index (χ0) is 17.6. The van der Waals surface area contributed by atoms with E-state index in [1.807, 2.05) is 36.1 Å².